The zero-order valence-corrected chi connectivity index (χ0v) is 13.7. The third-order valence-electron chi connectivity index (χ3n) is 4.14. The first kappa shape index (κ1) is 15.5. The summed E-state index contributed by atoms with van der Waals surface area (Å²) in [5, 5.41) is 0. The number of carbonyl (C=O) groups excluding carboxylic acids is 1. The van der Waals surface area contributed by atoms with E-state index in [4.69, 9.17) is 0 Å². The van der Waals surface area contributed by atoms with Crippen LogP contribution in [0.5, 0.6) is 0 Å². The Morgan fingerprint density at radius 1 is 1.00 bits per heavy atom. The van der Waals surface area contributed by atoms with Crippen LogP contribution in [0.2, 0.25) is 0 Å². The molecule has 0 radical (unpaired) electrons. The molecule has 2 aromatic heterocycles. The maximum atomic E-state index is 12.8. The van der Waals surface area contributed by atoms with Crippen molar-refractivity contribution in [1.29, 1.82) is 0 Å². The lowest BCUT2D eigenvalue weighted by molar-refractivity contribution is 0.0766. The molecule has 1 aliphatic heterocycles. The van der Waals surface area contributed by atoms with E-state index in [-0.39, 0.29) is 5.91 Å². The van der Waals surface area contributed by atoms with E-state index in [0.717, 1.165) is 49.6 Å². The Hall–Kier alpha value is -2.43. The highest BCUT2D eigenvalue weighted by Gasteiger charge is 2.21. The van der Waals surface area contributed by atoms with Crippen LogP contribution in [0.25, 0.3) is 0 Å². The van der Waals surface area contributed by atoms with Gasteiger partial charge in [0, 0.05) is 61.2 Å². The molecule has 0 atom stereocenters. The van der Waals surface area contributed by atoms with E-state index in [9.17, 15) is 4.79 Å². The van der Waals surface area contributed by atoms with E-state index in [0.29, 0.717) is 0 Å². The smallest absolute Gasteiger partial charge is 0.254 e. The molecular formula is C18H22N4O. The Labute approximate surface area is 137 Å². The van der Waals surface area contributed by atoms with Crippen molar-refractivity contribution in [3.63, 3.8) is 0 Å². The standard InChI is InChI=1S/C18H22N4O/c1-14-12-16(13-15(2)20-14)18(23)22-9-3-8-21(10-11-22)17-4-6-19-7-5-17/h4-7,12-13H,3,8-11H2,1-2H3. The van der Waals surface area contributed by atoms with Crippen molar-refractivity contribution < 1.29 is 4.79 Å². The lowest BCUT2D eigenvalue weighted by Gasteiger charge is -2.23. The van der Waals surface area contributed by atoms with Gasteiger partial charge in [0.25, 0.3) is 5.91 Å². The van der Waals surface area contributed by atoms with E-state index >= 15 is 0 Å². The van der Waals surface area contributed by atoms with Gasteiger partial charge in [-0.05, 0) is 44.5 Å². The van der Waals surface area contributed by atoms with Gasteiger partial charge in [0.15, 0.2) is 0 Å². The van der Waals surface area contributed by atoms with Gasteiger partial charge < -0.3 is 9.80 Å². The summed E-state index contributed by atoms with van der Waals surface area (Å²) in [7, 11) is 0. The van der Waals surface area contributed by atoms with Crippen LogP contribution in [0.4, 0.5) is 5.69 Å². The fraction of sp³-hybridized carbons (Fsp3) is 0.389. The predicted molar refractivity (Wildman–Crippen MR) is 90.7 cm³/mol. The van der Waals surface area contributed by atoms with Crippen LogP contribution in [0.1, 0.15) is 28.2 Å². The first-order valence-electron chi connectivity index (χ1n) is 8.03. The van der Waals surface area contributed by atoms with Gasteiger partial charge in [-0.3, -0.25) is 14.8 Å². The second-order valence-corrected chi connectivity index (χ2v) is 5.98. The van der Waals surface area contributed by atoms with Gasteiger partial charge in [-0.25, -0.2) is 0 Å². The summed E-state index contributed by atoms with van der Waals surface area (Å²) in [6.07, 6.45) is 4.59. The molecule has 0 aromatic carbocycles. The monoisotopic (exact) mass is 310 g/mol. The van der Waals surface area contributed by atoms with Crippen molar-refractivity contribution in [2.75, 3.05) is 31.1 Å². The third kappa shape index (κ3) is 3.67. The highest BCUT2D eigenvalue weighted by molar-refractivity contribution is 5.94. The van der Waals surface area contributed by atoms with Gasteiger partial charge in [0.1, 0.15) is 0 Å². The Kier molecular flexibility index (Phi) is 4.55. The average Bonchev–Trinajstić information content (AvgIpc) is 2.80. The van der Waals surface area contributed by atoms with Crippen LogP contribution in [-0.2, 0) is 0 Å². The van der Waals surface area contributed by atoms with Crippen LogP contribution in [0.15, 0.2) is 36.7 Å². The molecule has 3 rings (SSSR count). The van der Waals surface area contributed by atoms with Crippen molar-refractivity contribution >= 4 is 11.6 Å². The number of amides is 1. The molecule has 120 valence electrons. The number of aromatic nitrogens is 2. The fourth-order valence-corrected chi connectivity index (χ4v) is 3.07. The largest absolute Gasteiger partial charge is 0.370 e. The summed E-state index contributed by atoms with van der Waals surface area (Å²) in [5.74, 6) is 0.107. The summed E-state index contributed by atoms with van der Waals surface area (Å²) < 4.78 is 0. The third-order valence-corrected chi connectivity index (χ3v) is 4.14. The zero-order chi connectivity index (χ0) is 16.2. The number of rotatable bonds is 2. The molecule has 0 aliphatic carbocycles. The van der Waals surface area contributed by atoms with Crippen LogP contribution in [0.3, 0.4) is 0 Å². The first-order chi connectivity index (χ1) is 11.1. The highest BCUT2D eigenvalue weighted by Crippen LogP contribution is 2.16. The van der Waals surface area contributed by atoms with E-state index < -0.39 is 0 Å². The highest BCUT2D eigenvalue weighted by atomic mass is 16.2. The second kappa shape index (κ2) is 6.77. The van der Waals surface area contributed by atoms with Crippen molar-refractivity contribution in [2.24, 2.45) is 0 Å². The van der Waals surface area contributed by atoms with E-state index in [1.54, 1.807) is 0 Å². The maximum absolute atomic E-state index is 12.8. The minimum absolute atomic E-state index is 0.107. The zero-order valence-electron chi connectivity index (χ0n) is 13.7. The van der Waals surface area contributed by atoms with Crippen LogP contribution in [0, 0.1) is 13.8 Å². The first-order valence-corrected chi connectivity index (χ1v) is 8.03. The molecule has 0 N–H and O–H groups in total. The predicted octanol–water partition coefficient (Wildman–Crippen LogP) is 2.45. The molecule has 0 unspecified atom stereocenters. The summed E-state index contributed by atoms with van der Waals surface area (Å²) in [4.78, 5) is 25.5. The van der Waals surface area contributed by atoms with Crippen LogP contribution >= 0.6 is 0 Å². The van der Waals surface area contributed by atoms with Gasteiger partial charge in [0.05, 0.1) is 0 Å². The second-order valence-electron chi connectivity index (χ2n) is 5.98. The summed E-state index contributed by atoms with van der Waals surface area (Å²) in [6.45, 7) is 7.19. The topological polar surface area (TPSA) is 49.3 Å². The van der Waals surface area contributed by atoms with Gasteiger partial charge in [-0.15, -0.1) is 0 Å². The fourth-order valence-electron chi connectivity index (χ4n) is 3.07. The van der Waals surface area contributed by atoms with Gasteiger partial charge in [-0.2, -0.15) is 0 Å². The summed E-state index contributed by atoms with van der Waals surface area (Å²) in [5.41, 5.74) is 3.69. The Balaban J connectivity index is 1.71. The molecule has 1 saturated heterocycles. The number of hydrogen-bond donors (Lipinski definition) is 0. The molecule has 0 bridgehead atoms. The number of carbonyl (C=O) groups is 1. The lowest BCUT2D eigenvalue weighted by Crippen LogP contribution is -2.35. The lowest BCUT2D eigenvalue weighted by atomic mass is 10.1. The number of nitrogens with zero attached hydrogens (tertiary/aromatic N) is 4. The SMILES string of the molecule is Cc1cc(C(=O)N2CCCN(c3ccncc3)CC2)cc(C)n1. The molecule has 1 fully saturated rings. The molecular weight excluding hydrogens is 288 g/mol. The quantitative estimate of drug-likeness (QED) is 0.855. The van der Waals surface area contributed by atoms with Gasteiger partial charge >= 0.3 is 0 Å². The number of aryl methyl sites for hydroxylation is 2. The van der Waals surface area contributed by atoms with Crippen molar-refractivity contribution in [3.05, 3.63) is 53.6 Å². The molecule has 0 spiro atoms. The molecule has 1 aliphatic rings. The van der Waals surface area contributed by atoms with E-state index in [1.807, 2.05) is 55.4 Å². The Morgan fingerprint density at radius 2 is 1.70 bits per heavy atom. The summed E-state index contributed by atoms with van der Waals surface area (Å²) >= 11 is 0. The minimum Gasteiger partial charge on any atom is -0.370 e. The molecule has 1 amide bonds. The average molecular weight is 310 g/mol. The molecule has 23 heavy (non-hydrogen) atoms. The summed E-state index contributed by atoms with van der Waals surface area (Å²) in [6, 6.07) is 7.79. The number of hydrogen-bond acceptors (Lipinski definition) is 4. The molecule has 5 heteroatoms. The molecule has 0 saturated carbocycles. The molecule has 5 nitrogen and oxygen atoms in total. The van der Waals surface area contributed by atoms with Crippen LogP contribution in [-0.4, -0.2) is 47.0 Å². The molecule has 2 aromatic rings. The Bertz CT molecular complexity index is 666. The number of pyridine rings is 2. The molecule has 3 heterocycles. The van der Waals surface area contributed by atoms with Crippen molar-refractivity contribution in [2.45, 2.75) is 20.3 Å². The van der Waals surface area contributed by atoms with Gasteiger partial charge in [0.2, 0.25) is 0 Å². The van der Waals surface area contributed by atoms with Crippen molar-refractivity contribution in [1.82, 2.24) is 14.9 Å². The van der Waals surface area contributed by atoms with E-state index in [2.05, 4.69) is 14.9 Å². The van der Waals surface area contributed by atoms with Crippen molar-refractivity contribution in [3.8, 4) is 0 Å². The van der Waals surface area contributed by atoms with Gasteiger partial charge in [-0.1, -0.05) is 0 Å². The normalized spacial score (nSPS) is 15.4. The maximum Gasteiger partial charge on any atom is 0.254 e. The Morgan fingerprint density at radius 3 is 2.39 bits per heavy atom. The van der Waals surface area contributed by atoms with E-state index in [1.165, 1.54) is 5.69 Å². The number of anilines is 1. The van der Waals surface area contributed by atoms with Crippen LogP contribution < -0.4 is 4.90 Å². The minimum atomic E-state index is 0.107.